The van der Waals surface area contributed by atoms with Gasteiger partial charge < -0.3 is 4.90 Å². The molecule has 1 aromatic rings. The second kappa shape index (κ2) is 4.94. The summed E-state index contributed by atoms with van der Waals surface area (Å²) in [5, 5.41) is 0.393. The Hall–Kier alpha value is -1.40. The minimum atomic E-state index is -3.20. The third kappa shape index (κ3) is 2.64. The number of halogens is 1. The molecule has 0 spiro atoms. The molecule has 1 aromatic carbocycles. The Morgan fingerprint density at radius 1 is 1.26 bits per heavy atom. The number of fused-ring (bicyclic) bond motifs is 1. The molecular formula is C12H12ClNO4S. The van der Waals surface area contributed by atoms with Crippen LogP contribution in [0.1, 0.15) is 17.3 Å². The highest BCUT2D eigenvalue weighted by molar-refractivity contribution is 7.91. The van der Waals surface area contributed by atoms with Crippen molar-refractivity contribution in [1.29, 1.82) is 0 Å². The Balaban J connectivity index is 2.31. The first-order valence-electron chi connectivity index (χ1n) is 5.72. The van der Waals surface area contributed by atoms with Gasteiger partial charge in [0.2, 0.25) is 0 Å². The number of nitrogens with zero attached hydrogens (tertiary/aromatic N) is 1. The first-order valence-corrected chi connectivity index (χ1v) is 7.92. The highest BCUT2D eigenvalue weighted by atomic mass is 35.5. The number of anilines is 1. The topological polar surface area (TPSA) is 71.5 Å². The maximum atomic E-state index is 11.8. The van der Waals surface area contributed by atoms with E-state index in [4.69, 9.17) is 11.6 Å². The van der Waals surface area contributed by atoms with Crippen LogP contribution in [0.15, 0.2) is 18.2 Å². The van der Waals surface area contributed by atoms with E-state index >= 15 is 0 Å². The van der Waals surface area contributed by atoms with E-state index in [0.29, 0.717) is 10.7 Å². The second-order valence-corrected chi connectivity index (χ2v) is 7.09. The molecule has 102 valence electrons. The summed E-state index contributed by atoms with van der Waals surface area (Å²) in [6.07, 6.45) is 0. The molecule has 0 bridgehead atoms. The number of hydrogen-bond donors (Lipinski definition) is 0. The van der Waals surface area contributed by atoms with E-state index in [2.05, 4.69) is 0 Å². The molecule has 5 nitrogen and oxygen atoms in total. The fourth-order valence-corrected chi connectivity index (χ4v) is 2.78. The van der Waals surface area contributed by atoms with Crippen LogP contribution < -0.4 is 4.90 Å². The van der Waals surface area contributed by atoms with Gasteiger partial charge in [-0.15, -0.1) is 0 Å². The molecule has 0 aromatic heterocycles. The first-order chi connectivity index (χ1) is 8.85. The number of hydrogen-bond acceptors (Lipinski definition) is 4. The number of amides is 1. The van der Waals surface area contributed by atoms with Crippen LogP contribution in [0.3, 0.4) is 0 Å². The molecule has 0 atom stereocenters. The maximum absolute atomic E-state index is 11.8. The van der Waals surface area contributed by atoms with Gasteiger partial charge in [0.1, 0.15) is 0 Å². The lowest BCUT2D eigenvalue weighted by Gasteiger charge is -2.16. The molecule has 1 aliphatic rings. The SMILES string of the molecule is CCS(=O)(=O)CCN1C(=O)C(=O)c2ccc(Cl)cc21. The number of carbonyl (C=O) groups is 2. The van der Waals surface area contributed by atoms with Crippen LogP contribution in [0.2, 0.25) is 5.02 Å². The molecule has 0 radical (unpaired) electrons. The predicted molar refractivity (Wildman–Crippen MR) is 72.5 cm³/mol. The molecular weight excluding hydrogens is 290 g/mol. The maximum Gasteiger partial charge on any atom is 0.299 e. The van der Waals surface area contributed by atoms with Gasteiger partial charge in [-0.05, 0) is 18.2 Å². The first kappa shape index (κ1) is 14.0. The number of Topliss-reactive ketones (excluding diaryl/α,β-unsaturated/α-hetero) is 1. The summed E-state index contributed by atoms with van der Waals surface area (Å²) in [7, 11) is -3.20. The van der Waals surface area contributed by atoms with E-state index in [1.165, 1.54) is 30.0 Å². The number of carbonyl (C=O) groups excluding carboxylic acids is 2. The Morgan fingerprint density at radius 2 is 1.95 bits per heavy atom. The number of rotatable bonds is 4. The predicted octanol–water partition coefficient (Wildman–Crippen LogP) is 1.30. The van der Waals surface area contributed by atoms with Gasteiger partial charge in [0, 0.05) is 17.3 Å². The van der Waals surface area contributed by atoms with Gasteiger partial charge in [0.15, 0.2) is 9.84 Å². The fraction of sp³-hybridized carbons (Fsp3) is 0.333. The molecule has 19 heavy (non-hydrogen) atoms. The quantitative estimate of drug-likeness (QED) is 0.786. The van der Waals surface area contributed by atoms with Gasteiger partial charge in [0.05, 0.1) is 17.0 Å². The molecule has 2 rings (SSSR count). The summed E-state index contributed by atoms with van der Waals surface area (Å²) in [4.78, 5) is 24.7. The minimum Gasteiger partial charge on any atom is -0.304 e. The summed E-state index contributed by atoms with van der Waals surface area (Å²) in [6.45, 7) is 1.51. The van der Waals surface area contributed by atoms with Gasteiger partial charge in [-0.3, -0.25) is 9.59 Å². The third-order valence-electron chi connectivity index (χ3n) is 3.00. The van der Waals surface area contributed by atoms with Gasteiger partial charge >= 0.3 is 0 Å². The molecule has 0 unspecified atom stereocenters. The molecule has 1 heterocycles. The van der Waals surface area contributed by atoms with E-state index in [1.54, 1.807) is 0 Å². The zero-order valence-electron chi connectivity index (χ0n) is 10.2. The van der Waals surface area contributed by atoms with Crippen molar-refractivity contribution in [3.05, 3.63) is 28.8 Å². The zero-order valence-corrected chi connectivity index (χ0v) is 11.8. The Bertz CT molecular complexity index is 654. The van der Waals surface area contributed by atoms with Gasteiger partial charge in [-0.2, -0.15) is 0 Å². The Labute approximate surface area is 116 Å². The van der Waals surface area contributed by atoms with Crippen molar-refractivity contribution in [2.45, 2.75) is 6.92 Å². The summed E-state index contributed by atoms with van der Waals surface area (Å²) in [6, 6.07) is 4.50. The highest BCUT2D eigenvalue weighted by Gasteiger charge is 2.36. The van der Waals surface area contributed by atoms with Crippen molar-refractivity contribution in [3.63, 3.8) is 0 Å². The molecule has 0 aliphatic carbocycles. The molecule has 0 saturated heterocycles. The standard InChI is InChI=1S/C12H12ClNO4S/c1-2-19(17,18)6-5-14-10-7-8(13)3-4-9(10)11(15)12(14)16/h3-4,7H,2,5-6H2,1H3. The second-order valence-electron chi connectivity index (χ2n) is 4.18. The van der Waals surface area contributed by atoms with Crippen molar-refractivity contribution in [2.75, 3.05) is 23.0 Å². The zero-order chi connectivity index (χ0) is 14.2. The van der Waals surface area contributed by atoms with Crippen molar-refractivity contribution in [3.8, 4) is 0 Å². The summed E-state index contributed by atoms with van der Waals surface area (Å²) < 4.78 is 22.9. The van der Waals surface area contributed by atoms with Crippen molar-refractivity contribution in [2.24, 2.45) is 0 Å². The molecule has 1 amide bonds. The normalized spacial score (nSPS) is 14.9. The van der Waals surface area contributed by atoms with E-state index < -0.39 is 21.5 Å². The fourth-order valence-electron chi connectivity index (χ4n) is 1.86. The van der Waals surface area contributed by atoms with E-state index in [0.717, 1.165) is 0 Å². The lowest BCUT2D eigenvalue weighted by molar-refractivity contribution is -0.114. The van der Waals surface area contributed by atoms with Crippen LogP contribution in [0, 0.1) is 0 Å². The minimum absolute atomic E-state index is 0.00534. The van der Waals surface area contributed by atoms with Crippen molar-refractivity contribution < 1.29 is 18.0 Å². The number of sulfone groups is 1. The molecule has 7 heteroatoms. The van der Waals surface area contributed by atoms with Crippen LogP contribution in [0.5, 0.6) is 0 Å². The van der Waals surface area contributed by atoms with Gasteiger partial charge in [-0.25, -0.2) is 8.42 Å². The van der Waals surface area contributed by atoms with E-state index in [-0.39, 0.29) is 23.6 Å². The van der Waals surface area contributed by atoms with Crippen LogP contribution in [0.25, 0.3) is 0 Å². The number of ketones is 1. The average molecular weight is 302 g/mol. The van der Waals surface area contributed by atoms with Crippen LogP contribution >= 0.6 is 11.6 Å². The van der Waals surface area contributed by atoms with Crippen molar-refractivity contribution in [1.82, 2.24) is 0 Å². The monoisotopic (exact) mass is 301 g/mol. The molecule has 1 aliphatic heterocycles. The average Bonchev–Trinajstić information content (AvgIpc) is 2.60. The van der Waals surface area contributed by atoms with E-state index in [9.17, 15) is 18.0 Å². The van der Waals surface area contributed by atoms with E-state index in [1.807, 2.05) is 0 Å². The summed E-state index contributed by atoms with van der Waals surface area (Å²) >= 11 is 5.83. The lowest BCUT2D eigenvalue weighted by Crippen LogP contribution is -2.34. The van der Waals surface area contributed by atoms with Gasteiger partial charge in [-0.1, -0.05) is 18.5 Å². The smallest absolute Gasteiger partial charge is 0.299 e. The Morgan fingerprint density at radius 3 is 2.58 bits per heavy atom. The molecule has 0 fully saturated rings. The Kier molecular flexibility index (Phi) is 3.64. The van der Waals surface area contributed by atoms with Crippen LogP contribution in [-0.2, 0) is 14.6 Å². The molecule has 0 saturated carbocycles. The van der Waals surface area contributed by atoms with Gasteiger partial charge in [0.25, 0.3) is 11.7 Å². The van der Waals surface area contributed by atoms with Crippen molar-refractivity contribution >= 4 is 38.8 Å². The lowest BCUT2D eigenvalue weighted by atomic mass is 10.1. The summed E-state index contributed by atoms with van der Waals surface area (Å²) in [5.41, 5.74) is 0.650. The number of benzene rings is 1. The third-order valence-corrected chi connectivity index (χ3v) is 4.92. The van der Waals surface area contributed by atoms with Crippen LogP contribution in [-0.4, -0.2) is 38.2 Å². The largest absolute Gasteiger partial charge is 0.304 e. The summed E-state index contributed by atoms with van der Waals surface area (Å²) in [5.74, 6) is -1.50. The highest BCUT2D eigenvalue weighted by Crippen LogP contribution is 2.31. The van der Waals surface area contributed by atoms with Crippen LogP contribution in [0.4, 0.5) is 5.69 Å². The molecule has 0 N–H and O–H groups in total.